The number of anilines is 1. The number of rotatable bonds is 5. The zero-order valence-electron chi connectivity index (χ0n) is 15.5. The van der Waals surface area contributed by atoms with Gasteiger partial charge >= 0.3 is 0 Å². The van der Waals surface area contributed by atoms with Crippen LogP contribution >= 0.6 is 0 Å². The minimum absolute atomic E-state index is 0.0248. The molecule has 0 fully saturated rings. The molecular weight excluding hydrogens is 370 g/mol. The zero-order chi connectivity index (χ0) is 20.5. The number of nitro benzene ring substituents is 1. The number of imidazole rings is 1. The highest BCUT2D eigenvalue weighted by Gasteiger charge is 2.16. The SMILES string of the molecule is Cc1cc(NCC(O)c2ccc([N+](=O)[O-])cc2)n2c(nc3ccccc32)c1C#N. The number of nitrogens with one attached hydrogen (secondary N) is 1. The van der Waals surface area contributed by atoms with E-state index in [9.17, 15) is 20.5 Å². The average Bonchev–Trinajstić information content (AvgIpc) is 3.11. The Hall–Kier alpha value is -3.96. The summed E-state index contributed by atoms with van der Waals surface area (Å²) in [5.74, 6) is 0.700. The second kappa shape index (κ2) is 7.22. The fourth-order valence-electron chi connectivity index (χ4n) is 3.36. The quantitative estimate of drug-likeness (QED) is 0.398. The molecule has 4 aromatic rings. The van der Waals surface area contributed by atoms with Crippen LogP contribution in [0.1, 0.15) is 22.8 Å². The summed E-state index contributed by atoms with van der Waals surface area (Å²) in [6.45, 7) is 2.03. The first-order valence-electron chi connectivity index (χ1n) is 8.97. The fourth-order valence-corrected chi connectivity index (χ4v) is 3.36. The van der Waals surface area contributed by atoms with Crippen LogP contribution in [0.15, 0.2) is 54.6 Å². The van der Waals surface area contributed by atoms with Gasteiger partial charge < -0.3 is 10.4 Å². The van der Waals surface area contributed by atoms with Gasteiger partial charge in [-0.05, 0) is 48.4 Å². The van der Waals surface area contributed by atoms with E-state index in [4.69, 9.17) is 0 Å². The number of non-ortho nitro benzene ring substituents is 1. The Morgan fingerprint density at radius 3 is 2.69 bits per heavy atom. The molecular formula is C21H17N5O3. The van der Waals surface area contributed by atoms with Crippen LogP contribution in [-0.2, 0) is 0 Å². The summed E-state index contributed by atoms with van der Waals surface area (Å²) in [5.41, 5.74) is 4.01. The van der Waals surface area contributed by atoms with E-state index in [2.05, 4.69) is 16.4 Å². The predicted molar refractivity (Wildman–Crippen MR) is 109 cm³/mol. The Kier molecular flexibility index (Phi) is 4.58. The highest BCUT2D eigenvalue weighted by atomic mass is 16.6. The molecule has 2 heterocycles. The molecule has 2 aromatic heterocycles. The number of nitro groups is 1. The van der Waals surface area contributed by atoms with Gasteiger partial charge in [0.1, 0.15) is 11.9 Å². The largest absolute Gasteiger partial charge is 0.387 e. The molecule has 1 atom stereocenters. The number of benzene rings is 2. The number of para-hydroxylation sites is 2. The molecule has 0 saturated heterocycles. The maximum atomic E-state index is 10.8. The number of aliphatic hydroxyl groups excluding tert-OH is 1. The fraction of sp³-hybridized carbons (Fsp3) is 0.143. The summed E-state index contributed by atoms with van der Waals surface area (Å²) in [6, 6.07) is 17.5. The lowest BCUT2D eigenvalue weighted by atomic mass is 10.1. The van der Waals surface area contributed by atoms with Gasteiger partial charge in [-0.25, -0.2) is 4.98 Å². The van der Waals surface area contributed by atoms with Gasteiger partial charge in [0.2, 0.25) is 0 Å². The summed E-state index contributed by atoms with van der Waals surface area (Å²) < 4.78 is 1.86. The van der Waals surface area contributed by atoms with Crippen LogP contribution < -0.4 is 5.32 Å². The van der Waals surface area contributed by atoms with Crippen molar-refractivity contribution in [3.05, 3.63) is 81.4 Å². The molecule has 0 spiro atoms. The van der Waals surface area contributed by atoms with Crippen molar-refractivity contribution < 1.29 is 10.0 Å². The third kappa shape index (κ3) is 3.24. The molecule has 4 rings (SSSR count). The number of nitrogens with zero attached hydrogens (tertiary/aromatic N) is 4. The Morgan fingerprint density at radius 2 is 2.00 bits per heavy atom. The predicted octanol–water partition coefficient (Wildman–Crippen LogP) is 3.72. The Bertz CT molecular complexity index is 1270. The Morgan fingerprint density at radius 1 is 1.28 bits per heavy atom. The standard InChI is InChI=1S/C21H17N5O3/c1-13-10-20(23-12-19(27)14-6-8-15(9-7-14)26(28)29)25-18-5-3-2-4-17(18)24-21(25)16(13)11-22/h2-10,19,23,27H,12H2,1H3. The molecule has 8 heteroatoms. The highest BCUT2D eigenvalue weighted by Crippen LogP contribution is 2.27. The number of nitriles is 1. The summed E-state index contributed by atoms with van der Waals surface area (Å²) in [6.07, 6.45) is -0.864. The van der Waals surface area contributed by atoms with Crippen LogP contribution in [0.3, 0.4) is 0 Å². The molecule has 0 aliphatic carbocycles. The van der Waals surface area contributed by atoms with Crippen molar-refractivity contribution in [1.29, 1.82) is 5.26 Å². The maximum absolute atomic E-state index is 10.8. The van der Waals surface area contributed by atoms with Crippen molar-refractivity contribution in [2.24, 2.45) is 0 Å². The normalized spacial score (nSPS) is 12.0. The van der Waals surface area contributed by atoms with Crippen LogP contribution in [-0.4, -0.2) is 26.0 Å². The number of aromatic nitrogens is 2. The van der Waals surface area contributed by atoms with Crippen LogP contribution in [0.4, 0.5) is 11.5 Å². The summed E-state index contributed by atoms with van der Waals surface area (Å²) in [7, 11) is 0. The lowest BCUT2D eigenvalue weighted by Crippen LogP contribution is -2.14. The highest BCUT2D eigenvalue weighted by molar-refractivity contribution is 5.85. The van der Waals surface area contributed by atoms with Gasteiger partial charge in [-0.3, -0.25) is 14.5 Å². The number of aliphatic hydroxyl groups is 1. The van der Waals surface area contributed by atoms with Crippen LogP contribution in [0.2, 0.25) is 0 Å². The number of hydrogen-bond acceptors (Lipinski definition) is 6. The van der Waals surface area contributed by atoms with Gasteiger partial charge in [0.25, 0.3) is 5.69 Å². The van der Waals surface area contributed by atoms with E-state index in [0.717, 1.165) is 16.6 Å². The molecule has 0 aliphatic heterocycles. The van der Waals surface area contributed by atoms with Crippen molar-refractivity contribution in [3.63, 3.8) is 0 Å². The first-order chi connectivity index (χ1) is 14.0. The topological polar surface area (TPSA) is 116 Å². The van der Waals surface area contributed by atoms with Crippen LogP contribution in [0.5, 0.6) is 0 Å². The maximum Gasteiger partial charge on any atom is 0.269 e. The zero-order valence-corrected chi connectivity index (χ0v) is 15.5. The second-order valence-corrected chi connectivity index (χ2v) is 6.70. The summed E-state index contributed by atoms with van der Waals surface area (Å²) in [4.78, 5) is 14.9. The van der Waals surface area contributed by atoms with E-state index in [-0.39, 0.29) is 12.2 Å². The van der Waals surface area contributed by atoms with E-state index in [1.807, 2.05) is 41.7 Å². The van der Waals surface area contributed by atoms with Gasteiger partial charge in [0, 0.05) is 18.7 Å². The van der Waals surface area contributed by atoms with Gasteiger partial charge in [-0.15, -0.1) is 0 Å². The second-order valence-electron chi connectivity index (χ2n) is 6.70. The molecule has 0 amide bonds. The van der Waals surface area contributed by atoms with Crippen molar-refractivity contribution in [3.8, 4) is 6.07 Å². The number of hydrogen-bond donors (Lipinski definition) is 2. The molecule has 144 valence electrons. The van der Waals surface area contributed by atoms with Gasteiger partial charge in [0.05, 0.1) is 27.6 Å². The van der Waals surface area contributed by atoms with Crippen LogP contribution in [0.25, 0.3) is 16.7 Å². The first kappa shape index (κ1) is 18.4. The van der Waals surface area contributed by atoms with Crippen molar-refractivity contribution in [2.45, 2.75) is 13.0 Å². The minimum Gasteiger partial charge on any atom is -0.387 e. The van der Waals surface area contributed by atoms with E-state index in [0.29, 0.717) is 22.6 Å². The van der Waals surface area contributed by atoms with Crippen molar-refractivity contribution in [2.75, 3.05) is 11.9 Å². The number of pyridine rings is 1. The Labute approximate surface area is 165 Å². The summed E-state index contributed by atoms with van der Waals surface area (Å²) >= 11 is 0. The average molecular weight is 387 g/mol. The van der Waals surface area contributed by atoms with Crippen molar-refractivity contribution >= 4 is 28.2 Å². The monoisotopic (exact) mass is 387 g/mol. The lowest BCUT2D eigenvalue weighted by Gasteiger charge is -2.16. The molecule has 2 aromatic carbocycles. The third-order valence-corrected chi connectivity index (χ3v) is 4.85. The molecule has 0 radical (unpaired) electrons. The van der Waals surface area contributed by atoms with E-state index >= 15 is 0 Å². The van der Waals surface area contributed by atoms with E-state index < -0.39 is 11.0 Å². The van der Waals surface area contributed by atoms with Gasteiger partial charge in [-0.1, -0.05) is 12.1 Å². The smallest absolute Gasteiger partial charge is 0.269 e. The van der Waals surface area contributed by atoms with Crippen LogP contribution in [0, 0.1) is 28.4 Å². The summed E-state index contributed by atoms with van der Waals surface area (Å²) in [5, 5.41) is 34.1. The van der Waals surface area contributed by atoms with E-state index in [1.165, 1.54) is 24.3 Å². The minimum atomic E-state index is -0.864. The van der Waals surface area contributed by atoms with E-state index in [1.54, 1.807) is 0 Å². The number of aryl methyl sites for hydroxylation is 1. The lowest BCUT2D eigenvalue weighted by molar-refractivity contribution is -0.384. The molecule has 2 N–H and O–H groups in total. The molecule has 1 unspecified atom stereocenters. The van der Waals surface area contributed by atoms with Crippen molar-refractivity contribution in [1.82, 2.24) is 9.38 Å². The molecule has 8 nitrogen and oxygen atoms in total. The first-order valence-corrected chi connectivity index (χ1v) is 8.97. The molecule has 0 saturated carbocycles. The molecule has 29 heavy (non-hydrogen) atoms. The molecule has 0 bridgehead atoms. The number of fused-ring (bicyclic) bond motifs is 3. The van der Waals surface area contributed by atoms with Gasteiger partial charge in [0.15, 0.2) is 5.65 Å². The third-order valence-electron chi connectivity index (χ3n) is 4.85. The van der Waals surface area contributed by atoms with Gasteiger partial charge in [-0.2, -0.15) is 5.26 Å². The molecule has 0 aliphatic rings. The Balaban J connectivity index is 1.69.